The van der Waals surface area contributed by atoms with Crippen molar-refractivity contribution in [3.63, 3.8) is 0 Å². The maximum atomic E-state index is 12.9. The quantitative estimate of drug-likeness (QED) is 0.270. The number of allylic oxidation sites excluding steroid dienone is 1. The summed E-state index contributed by atoms with van der Waals surface area (Å²) in [5.74, 6) is 0.0631. The maximum absolute atomic E-state index is 12.9. The minimum absolute atomic E-state index is 0.122. The molecular weight excluding hydrogens is 340 g/mol. The monoisotopic (exact) mass is 358 g/mol. The number of benzene rings is 3. The van der Waals surface area contributed by atoms with Gasteiger partial charge in [0.25, 0.3) is 0 Å². The van der Waals surface area contributed by atoms with Gasteiger partial charge in [0.15, 0.2) is 11.5 Å². The van der Waals surface area contributed by atoms with Gasteiger partial charge in [-0.2, -0.15) is 5.11 Å². The average molecular weight is 358 g/mol. The van der Waals surface area contributed by atoms with Gasteiger partial charge in [-0.15, -0.1) is 5.11 Å². The molecule has 0 saturated heterocycles. The van der Waals surface area contributed by atoms with Crippen molar-refractivity contribution in [2.75, 3.05) is 7.11 Å². The molecule has 0 aromatic heterocycles. The number of rotatable bonds is 6. The van der Waals surface area contributed by atoms with Crippen LogP contribution in [0.3, 0.4) is 0 Å². The Kier molecular flexibility index (Phi) is 5.74. The lowest BCUT2D eigenvalue weighted by Crippen LogP contribution is -2.04. The lowest BCUT2D eigenvalue weighted by molar-refractivity contribution is 0.103. The molecule has 0 bridgehead atoms. The smallest absolute Gasteiger partial charge is 0.217 e. The molecule has 0 spiro atoms. The summed E-state index contributed by atoms with van der Waals surface area (Å²) in [5, 5.41) is 18.8. The third-order valence-corrected chi connectivity index (χ3v) is 3.86. The number of Topliss-reactive ketones (excluding diaryl/α,β-unsaturated/α-hetero) is 1. The van der Waals surface area contributed by atoms with Crippen LogP contribution in [0.2, 0.25) is 0 Å². The Labute approximate surface area is 157 Å². The van der Waals surface area contributed by atoms with E-state index in [-0.39, 0.29) is 11.5 Å². The van der Waals surface area contributed by atoms with Gasteiger partial charge in [0.2, 0.25) is 5.78 Å². The fourth-order valence-electron chi connectivity index (χ4n) is 2.42. The van der Waals surface area contributed by atoms with E-state index in [4.69, 9.17) is 4.74 Å². The molecule has 3 aromatic carbocycles. The number of hydrogen-bond donors (Lipinski definition) is 1. The molecule has 0 aliphatic heterocycles. The first-order valence-electron chi connectivity index (χ1n) is 8.33. The molecule has 3 aromatic rings. The van der Waals surface area contributed by atoms with Crippen LogP contribution in [0.4, 0.5) is 5.69 Å². The number of ketones is 1. The van der Waals surface area contributed by atoms with Gasteiger partial charge in [-0.3, -0.25) is 4.79 Å². The third kappa shape index (κ3) is 4.46. The molecule has 0 amide bonds. The summed E-state index contributed by atoms with van der Waals surface area (Å²) in [4.78, 5) is 12.9. The summed E-state index contributed by atoms with van der Waals surface area (Å²) in [6.45, 7) is 0. The fourth-order valence-corrected chi connectivity index (χ4v) is 2.42. The standard InChI is InChI=1S/C22H18N2O3/c1-27-19-14-12-18(13-15-19)23-24-20(21(25)16-8-4-2-5-9-16)22(26)17-10-6-3-7-11-17/h2-15,25H,1H3/b21-20-,24-23?. The van der Waals surface area contributed by atoms with Gasteiger partial charge in [0, 0.05) is 11.1 Å². The van der Waals surface area contributed by atoms with Gasteiger partial charge >= 0.3 is 0 Å². The molecule has 0 aliphatic rings. The van der Waals surface area contributed by atoms with Crippen LogP contribution in [0, 0.1) is 0 Å². The molecule has 0 aliphatic carbocycles. The van der Waals surface area contributed by atoms with Crippen molar-refractivity contribution in [2.45, 2.75) is 0 Å². The zero-order valence-electron chi connectivity index (χ0n) is 14.7. The van der Waals surface area contributed by atoms with Crippen molar-refractivity contribution in [3.05, 3.63) is 102 Å². The first kappa shape index (κ1) is 18.1. The summed E-state index contributed by atoms with van der Waals surface area (Å²) in [7, 11) is 1.58. The molecule has 0 saturated carbocycles. The molecule has 5 nitrogen and oxygen atoms in total. The van der Waals surface area contributed by atoms with Crippen molar-refractivity contribution >= 4 is 17.2 Å². The molecule has 5 heteroatoms. The molecule has 0 fully saturated rings. The van der Waals surface area contributed by atoms with Crippen LogP contribution >= 0.6 is 0 Å². The second kappa shape index (κ2) is 8.58. The van der Waals surface area contributed by atoms with Crippen LogP contribution < -0.4 is 4.74 Å². The molecular formula is C22H18N2O3. The van der Waals surface area contributed by atoms with Gasteiger partial charge in [0.05, 0.1) is 12.8 Å². The summed E-state index contributed by atoms with van der Waals surface area (Å²) in [6, 6.07) is 24.4. The predicted octanol–water partition coefficient (Wildman–Crippen LogP) is 5.59. The zero-order chi connectivity index (χ0) is 19.1. The molecule has 0 radical (unpaired) electrons. The Morgan fingerprint density at radius 2 is 1.37 bits per heavy atom. The SMILES string of the molecule is COc1ccc(N=N/C(C(=O)c2ccccc2)=C(\O)c2ccccc2)cc1. The summed E-state index contributed by atoms with van der Waals surface area (Å²) in [6.07, 6.45) is 0. The normalized spacial score (nSPS) is 11.9. The number of ether oxygens (including phenoxy) is 1. The molecule has 134 valence electrons. The Morgan fingerprint density at radius 3 is 1.93 bits per heavy atom. The van der Waals surface area contributed by atoms with E-state index in [0.717, 1.165) is 0 Å². The van der Waals surface area contributed by atoms with Gasteiger partial charge < -0.3 is 9.84 Å². The number of carbonyl (C=O) groups is 1. The number of aliphatic hydroxyl groups is 1. The number of nitrogens with zero attached hydrogens (tertiary/aromatic N) is 2. The van der Waals surface area contributed by atoms with Crippen LogP contribution in [0.1, 0.15) is 15.9 Å². The first-order chi connectivity index (χ1) is 13.2. The van der Waals surface area contributed by atoms with Crippen LogP contribution in [0.5, 0.6) is 5.75 Å². The van der Waals surface area contributed by atoms with Crippen LogP contribution in [-0.2, 0) is 0 Å². The van der Waals surface area contributed by atoms with Gasteiger partial charge in [0.1, 0.15) is 5.75 Å². The highest BCUT2D eigenvalue weighted by Crippen LogP contribution is 2.24. The number of hydrogen-bond acceptors (Lipinski definition) is 5. The number of methoxy groups -OCH3 is 1. The lowest BCUT2D eigenvalue weighted by Gasteiger charge is -2.06. The van der Waals surface area contributed by atoms with Crippen molar-refractivity contribution in [3.8, 4) is 5.75 Å². The van der Waals surface area contributed by atoms with Crippen molar-refractivity contribution in [2.24, 2.45) is 10.2 Å². The van der Waals surface area contributed by atoms with Gasteiger partial charge in [-0.05, 0) is 24.3 Å². The van der Waals surface area contributed by atoms with E-state index in [2.05, 4.69) is 10.2 Å². The largest absolute Gasteiger partial charge is 0.505 e. The molecule has 1 N–H and O–H groups in total. The summed E-state index contributed by atoms with van der Waals surface area (Å²) < 4.78 is 5.11. The van der Waals surface area contributed by atoms with Crippen molar-refractivity contribution < 1.29 is 14.6 Å². The molecule has 3 rings (SSSR count). The van der Waals surface area contributed by atoms with E-state index in [1.54, 1.807) is 79.9 Å². The number of carbonyl (C=O) groups excluding carboxylic acids is 1. The highest BCUT2D eigenvalue weighted by atomic mass is 16.5. The van der Waals surface area contributed by atoms with Crippen LogP contribution in [0.25, 0.3) is 5.76 Å². The van der Waals surface area contributed by atoms with E-state index in [1.807, 2.05) is 12.1 Å². The van der Waals surface area contributed by atoms with E-state index in [9.17, 15) is 9.90 Å². The minimum atomic E-state index is -0.408. The molecule has 27 heavy (non-hydrogen) atoms. The highest BCUT2D eigenvalue weighted by molar-refractivity contribution is 6.12. The number of aliphatic hydroxyl groups excluding tert-OH is 1. The van der Waals surface area contributed by atoms with Gasteiger partial charge in [-0.25, -0.2) is 0 Å². The maximum Gasteiger partial charge on any atom is 0.217 e. The highest BCUT2D eigenvalue weighted by Gasteiger charge is 2.18. The Hall–Kier alpha value is -3.73. The van der Waals surface area contributed by atoms with Gasteiger partial charge in [-0.1, -0.05) is 60.7 Å². The lowest BCUT2D eigenvalue weighted by atomic mass is 10.1. The molecule has 0 atom stereocenters. The second-order valence-electron chi connectivity index (χ2n) is 5.66. The molecule has 0 unspecified atom stereocenters. The molecule has 0 heterocycles. The second-order valence-corrected chi connectivity index (χ2v) is 5.66. The van der Waals surface area contributed by atoms with Crippen molar-refractivity contribution in [1.29, 1.82) is 0 Å². The predicted molar refractivity (Wildman–Crippen MR) is 104 cm³/mol. The third-order valence-electron chi connectivity index (χ3n) is 3.86. The fraction of sp³-hybridized carbons (Fsp3) is 0.0455. The topological polar surface area (TPSA) is 71.2 Å². The van der Waals surface area contributed by atoms with Crippen molar-refractivity contribution in [1.82, 2.24) is 0 Å². The Balaban J connectivity index is 2.01. The Bertz CT molecular complexity index is 963. The number of azo groups is 1. The van der Waals surface area contributed by atoms with Crippen LogP contribution in [-0.4, -0.2) is 18.0 Å². The minimum Gasteiger partial charge on any atom is -0.505 e. The van der Waals surface area contributed by atoms with E-state index in [0.29, 0.717) is 22.6 Å². The van der Waals surface area contributed by atoms with E-state index < -0.39 is 5.78 Å². The first-order valence-corrected chi connectivity index (χ1v) is 8.33. The van der Waals surface area contributed by atoms with E-state index >= 15 is 0 Å². The summed E-state index contributed by atoms with van der Waals surface area (Å²) >= 11 is 0. The van der Waals surface area contributed by atoms with E-state index in [1.165, 1.54) is 0 Å². The summed E-state index contributed by atoms with van der Waals surface area (Å²) in [5.41, 5.74) is 1.33. The van der Waals surface area contributed by atoms with Crippen LogP contribution in [0.15, 0.2) is 101 Å². The average Bonchev–Trinajstić information content (AvgIpc) is 2.75. The Morgan fingerprint density at radius 1 is 0.815 bits per heavy atom. The zero-order valence-corrected chi connectivity index (χ0v) is 14.7.